The summed E-state index contributed by atoms with van der Waals surface area (Å²) in [7, 11) is 0. The van der Waals surface area contributed by atoms with Gasteiger partial charge in [0.25, 0.3) is 0 Å². The Labute approximate surface area is 116 Å². The lowest BCUT2D eigenvalue weighted by Gasteiger charge is -2.10. The van der Waals surface area contributed by atoms with Gasteiger partial charge in [0, 0.05) is 24.5 Å². The van der Waals surface area contributed by atoms with Gasteiger partial charge in [-0.1, -0.05) is 24.6 Å². The Hall–Kier alpha value is -1.81. The normalized spacial score (nSPS) is 10.3. The van der Waals surface area contributed by atoms with E-state index in [9.17, 15) is 4.39 Å². The Morgan fingerprint density at radius 1 is 1.32 bits per heavy atom. The summed E-state index contributed by atoms with van der Waals surface area (Å²) in [4.78, 5) is 4.19. The molecule has 100 valence electrons. The highest BCUT2D eigenvalue weighted by Gasteiger charge is 2.06. The summed E-state index contributed by atoms with van der Waals surface area (Å²) in [6.45, 7) is 2.93. The molecule has 3 nitrogen and oxygen atoms in total. The molecule has 19 heavy (non-hydrogen) atoms. The van der Waals surface area contributed by atoms with Gasteiger partial charge >= 0.3 is 0 Å². The number of halogens is 2. The lowest BCUT2D eigenvalue weighted by Crippen LogP contribution is -2.02. The van der Waals surface area contributed by atoms with Crippen molar-refractivity contribution in [2.24, 2.45) is 0 Å². The fraction of sp³-hybridized carbons (Fsp3) is 0.214. The third-order valence-corrected chi connectivity index (χ3v) is 2.84. The summed E-state index contributed by atoms with van der Waals surface area (Å²) in [5.41, 5.74) is 1.11. The van der Waals surface area contributed by atoms with Crippen molar-refractivity contribution in [3.8, 4) is 0 Å². The first kappa shape index (κ1) is 13.6. The number of pyridine rings is 1. The van der Waals surface area contributed by atoms with Gasteiger partial charge < -0.3 is 10.6 Å². The predicted molar refractivity (Wildman–Crippen MR) is 77.7 cm³/mol. The van der Waals surface area contributed by atoms with Crippen molar-refractivity contribution >= 4 is 28.8 Å². The molecular formula is C14H15ClFN3. The number of nitrogens with one attached hydrogen (secondary N) is 2. The van der Waals surface area contributed by atoms with Gasteiger partial charge in [0.2, 0.25) is 0 Å². The first-order valence-electron chi connectivity index (χ1n) is 6.11. The molecule has 0 amide bonds. The van der Waals surface area contributed by atoms with Crippen LogP contribution in [0.1, 0.15) is 13.3 Å². The Morgan fingerprint density at radius 3 is 2.95 bits per heavy atom. The number of anilines is 3. The number of hydrogen-bond acceptors (Lipinski definition) is 3. The van der Waals surface area contributed by atoms with Gasteiger partial charge in [-0.05, 0) is 24.6 Å². The highest BCUT2D eigenvalue weighted by Crippen LogP contribution is 2.25. The van der Waals surface area contributed by atoms with Crippen molar-refractivity contribution in [2.45, 2.75) is 13.3 Å². The van der Waals surface area contributed by atoms with Crippen LogP contribution in [0.25, 0.3) is 0 Å². The molecule has 1 heterocycles. The quantitative estimate of drug-likeness (QED) is 0.849. The van der Waals surface area contributed by atoms with Gasteiger partial charge in [0.05, 0.1) is 10.7 Å². The van der Waals surface area contributed by atoms with E-state index in [2.05, 4.69) is 22.5 Å². The second kappa shape index (κ2) is 6.38. The van der Waals surface area contributed by atoms with Gasteiger partial charge in [0.1, 0.15) is 5.82 Å². The molecular weight excluding hydrogens is 265 g/mol. The van der Waals surface area contributed by atoms with Crippen molar-refractivity contribution in [1.82, 2.24) is 4.98 Å². The average molecular weight is 280 g/mol. The minimum absolute atomic E-state index is 0.100. The second-order valence-corrected chi connectivity index (χ2v) is 4.49. The van der Waals surface area contributed by atoms with Crippen LogP contribution in [0.2, 0.25) is 5.02 Å². The van der Waals surface area contributed by atoms with E-state index in [1.807, 2.05) is 6.07 Å². The third kappa shape index (κ3) is 3.58. The number of hydrogen-bond donors (Lipinski definition) is 2. The first-order valence-corrected chi connectivity index (χ1v) is 6.49. The maximum atomic E-state index is 13.8. The monoisotopic (exact) mass is 279 g/mol. The maximum absolute atomic E-state index is 13.8. The molecule has 2 N–H and O–H groups in total. The van der Waals surface area contributed by atoms with E-state index in [0.717, 1.165) is 24.5 Å². The van der Waals surface area contributed by atoms with Crippen LogP contribution in [-0.2, 0) is 0 Å². The zero-order valence-electron chi connectivity index (χ0n) is 10.6. The minimum Gasteiger partial charge on any atom is -0.370 e. The average Bonchev–Trinajstić information content (AvgIpc) is 2.42. The summed E-state index contributed by atoms with van der Waals surface area (Å²) in [5.74, 6) is 0.304. The number of rotatable bonds is 5. The molecule has 0 spiro atoms. The van der Waals surface area contributed by atoms with E-state index in [-0.39, 0.29) is 5.02 Å². The molecule has 1 aromatic heterocycles. The minimum atomic E-state index is -0.455. The first-order chi connectivity index (χ1) is 9.20. The van der Waals surface area contributed by atoms with Crippen LogP contribution in [0.3, 0.4) is 0 Å². The summed E-state index contributed by atoms with van der Waals surface area (Å²) in [5, 5.41) is 6.27. The molecule has 5 heteroatoms. The smallest absolute Gasteiger partial charge is 0.165 e. The number of aromatic nitrogens is 1. The summed E-state index contributed by atoms with van der Waals surface area (Å²) in [6.07, 6.45) is 2.69. The van der Waals surface area contributed by atoms with Crippen molar-refractivity contribution in [3.63, 3.8) is 0 Å². The number of nitrogens with zero attached hydrogens (tertiary/aromatic N) is 1. The van der Waals surface area contributed by atoms with E-state index in [0.29, 0.717) is 5.69 Å². The molecule has 0 aliphatic heterocycles. The van der Waals surface area contributed by atoms with Crippen molar-refractivity contribution in [1.29, 1.82) is 0 Å². The topological polar surface area (TPSA) is 37.0 Å². The lowest BCUT2D eigenvalue weighted by molar-refractivity contribution is 0.632. The zero-order valence-corrected chi connectivity index (χ0v) is 11.3. The van der Waals surface area contributed by atoms with Crippen LogP contribution in [0.5, 0.6) is 0 Å². The Balaban J connectivity index is 2.16. The maximum Gasteiger partial charge on any atom is 0.165 e. The summed E-state index contributed by atoms with van der Waals surface area (Å²) < 4.78 is 13.8. The summed E-state index contributed by atoms with van der Waals surface area (Å²) in [6, 6.07) is 8.46. The molecule has 0 saturated carbocycles. The predicted octanol–water partition coefficient (Wildman–Crippen LogP) is 4.44. The van der Waals surface area contributed by atoms with Gasteiger partial charge in [-0.15, -0.1) is 0 Å². The van der Waals surface area contributed by atoms with Crippen LogP contribution < -0.4 is 10.6 Å². The van der Waals surface area contributed by atoms with Crippen molar-refractivity contribution in [3.05, 3.63) is 47.4 Å². The molecule has 0 aliphatic rings. The number of benzene rings is 1. The highest BCUT2D eigenvalue weighted by molar-refractivity contribution is 6.31. The zero-order chi connectivity index (χ0) is 13.7. The van der Waals surface area contributed by atoms with Crippen LogP contribution in [0.15, 0.2) is 36.5 Å². The molecule has 0 fully saturated rings. The molecule has 0 aliphatic carbocycles. The fourth-order valence-corrected chi connectivity index (χ4v) is 1.79. The van der Waals surface area contributed by atoms with E-state index in [4.69, 9.17) is 11.6 Å². The Morgan fingerprint density at radius 2 is 2.16 bits per heavy atom. The fourth-order valence-electron chi connectivity index (χ4n) is 1.61. The van der Waals surface area contributed by atoms with Crippen LogP contribution in [0, 0.1) is 5.82 Å². The third-order valence-electron chi connectivity index (χ3n) is 2.55. The van der Waals surface area contributed by atoms with E-state index < -0.39 is 5.82 Å². The Bertz CT molecular complexity index is 560. The second-order valence-electron chi connectivity index (χ2n) is 4.08. The molecule has 0 bridgehead atoms. The summed E-state index contributed by atoms with van der Waals surface area (Å²) >= 11 is 5.74. The van der Waals surface area contributed by atoms with Crippen LogP contribution in [0.4, 0.5) is 21.6 Å². The highest BCUT2D eigenvalue weighted by atomic mass is 35.5. The largest absolute Gasteiger partial charge is 0.370 e. The Kier molecular flexibility index (Phi) is 4.58. The molecule has 2 aromatic rings. The molecule has 0 saturated heterocycles. The van der Waals surface area contributed by atoms with Crippen molar-refractivity contribution in [2.75, 3.05) is 17.2 Å². The molecule has 1 aromatic carbocycles. The molecule has 0 unspecified atom stereocenters. The standard InChI is InChI=1S/C14H15ClFN3/c1-2-7-17-13-9-10(6-8-18-13)19-12-5-3-4-11(15)14(12)16/h3-6,8-9H,2,7H2,1H3,(H2,17,18,19). The van der Waals surface area contributed by atoms with E-state index in [1.165, 1.54) is 6.07 Å². The van der Waals surface area contributed by atoms with Gasteiger partial charge in [0.15, 0.2) is 5.82 Å². The van der Waals surface area contributed by atoms with Gasteiger partial charge in [-0.3, -0.25) is 0 Å². The lowest BCUT2D eigenvalue weighted by atomic mass is 10.3. The molecule has 0 atom stereocenters. The van der Waals surface area contributed by atoms with Gasteiger partial charge in [-0.2, -0.15) is 0 Å². The van der Waals surface area contributed by atoms with Crippen LogP contribution in [-0.4, -0.2) is 11.5 Å². The molecule has 2 rings (SSSR count). The molecule has 0 radical (unpaired) electrons. The van der Waals surface area contributed by atoms with Gasteiger partial charge in [-0.25, -0.2) is 9.37 Å². The van der Waals surface area contributed by atoms with Crippen molar-refractivity contribution < 1.29 is 4.39 Å². The van der Waals surface area contributed by atoms with E-state index >= 15 is 0 Å². The SMILES string of the molecule is CCCNc1cc(Nc2cccc(Cl)c2F)ccn1. The van der Waals surface area contributed by atoms with Crippen LogP contribution >= 0.6 is 11.6 Å². The van der Waals surface area contributed by atoms with E-state index in [1.54, 1.807) is 24.4 Å².